The normalized spacial score (nSPS) is 14.9. The van der Waals surface area contributed by atoms with Crippen molar-refractivity contribution >= 4 is 39.5 Å². The van der Waals surface area contributed by atoms with Gasteiger partial charge >= 0.3 is 39.5 Å². The summed E-state index contributed by atoms with van der Waals surface area (Å²) in [5.74, 6) is -2.46. The van der Waals surface area contributed by atoms with Gasteiger partial charge < -0.3 is 33.8 Å². The first kappa shape index (κ1) is 96.4. The predicted octanol–water partition coefficient (Wildman–Crippen LogP) is 22.2. The fourth-order valence-electron chi connectivity index (χ4n) is 9.41. The second-order valence-corrected chi connectivity index (χ2v) is 27.7. The van der Waals surface area contributed by atoms with Crippen LogP contribution in [0.3, 0.4) is 0 Å². The summed E-state index contributed by atoms with van der Waals surface area (Å²) in [6.07, 6.45) is 86.8. The lowest BCUT2D eigenvalue weighted by Gasteiger charge is -2.21. The van der Waals surface area contributed by atoms with E-state index in [2.05, 4.69) is 155 Å². The van der Waals surface area contributed by atoms with Crippen LogP contribution in [0.25, 0.3) is 0 Å². The van der Waals surface area contributed by atoms with Gasteiger partial charge in [0.05, 0.1) is 32.8 Å². The number of unbranched alkanes of at least 4 members (excludes halogenated alkanes) is 17. The fourth-order valence-corrected chi connectivity index (χ4v) is 11.0. The Kier molecular flexibility index (Phi) is 69.7. The van der Waals surface area contributed by atoms with E-state index in [1.54, 1.807) is 6.08 Å². The first-order chi connectivity index (χ1) is 49.7. The number of carbonyl (C=O) groups excluding carboxylic acids is 4. The van der Waals surface area contributed by atoms with E-state index in [4.69, 9.17) is 37.0 Å². The van der Waals surface area contributed by atoms with Gasteiger partial charge in [0.15, 0.2) is 12.2 Å². The van der Waals surface area contributed by atoms with Crippen molar-refractivity contribution in [1.82, 2.24) is 0 Å². The van der Waals surface area contributed by atoms with Gasteiger partial charge in [-0.15, -0.1) is 0 Å². The highest BCUT2D eigenvalue weighted by molar-refractivity contribution is 7.47. The number of rotatable bonds is 70. The van der Waals surface area contributed by atoms with E-state index in [9.17, 15) is 43.2 Å². The average Bonchev–Trinajstić information content (AvgIpc) is 0.908. The van der Waals surface area contributed by atoms with E-state index >= 15 is 0 Å². The summed E-state index contributed by atoms with van der Waals surface area (Å²) < 4.78 is 68.2. The minimum atomic E-state index is -5.01. The van der Waals surface area contributed by atoms with E-state index in [0.29, 0.717) is 32.1 Å². The van der Waals surface area contributed by atoms with Gasteiger partial charge in [-0.1, -0.05) is 275 Å². The molecule has 0 aliphatic rings. The third kappa shape index (κ3) is 72.8. The first-order valence-corrected chi connectivity index (χ1v) is 41.4. The summed E-state index contributed by atoms with van der Waals surface area (Å²) in [5.41, 5.74) is 0. The molecule has 5 unspecified atom stereocenters. The number of hydrogen-bond donors (Lipinski definition) is 3. The Labute approximate surface area is 616 Å². The Morgan fingerprint density at radius 1 is 0.294 bits per heavy atom. The minimum absolute atomic E-state index is 0.0254. The lowest BCUT2D eigenvalue weighted by molar-refractivity contribution is -0.161. The predicted molar refractivity (Wildman–Crippen MR) is 417 cm³/mol. The van der Waals surface area contributed by atoms with Crippen molar-refractivity contribution in [1.29, 1.82) is 0 Å². The van der Waals surface area contributed by atoms with Gasteiger partial charge in [-0.05, 0) is 141 Å². The number of aliphatic hydroxyl groups excluding tert-OH is 1. The maximum Gasteiger partial charge on any atom is 0.472 e. The van der Waals surface area contributed by atoms with E-state index in [-0.39, 0.29) is 25.7 Å². The highest BCUT2D eigenvalue weighted by Gasteiger charge is 2.30. The molecule has 0 aromatic heterocycles. The van der Waals surface area contributed by atoms with Crippen LogP contribution in [0.1, 0.15) is 272 Å². The van der Waals surface area contributed by atoms with Crippen molar-refractivity contribution in [3.05, 3.63) is 170 Å². The summed E-state index contributed by atoms with van der Waals surface area (Å²) in [4.78, 5) is 72.8. The number of aliphatic hydroxyl groups is 1. The SMILES string of the molecule is CC/C=C\C/C=C\C/C=C\C/C=C\C/C=C\C/C=C\CCC(=O)OCC(COP(=O)(O)OCC(O)COP(=O)(O)OCC(COC(=O)C/C=C\C/C=C\C/C=C\C/C=C\C/C=C\CC)OC(=O)CCCCCCC/C=C\CCCCCCCC)OC(=O)CCCCCCC/C=C\C/C=C\CCC. The summed E-state index contributed by atoms with van der Waals surface area (Å²) in [6, 6.07) is 0. The molecule has 0 aliphatic carbocycles. The zero-order chi connectivity index (χ0) is 74.6. The number of carbonyl (C=O) groups is 4. The van der Waals surface area contributed by atoms with Crippen LogP contribution in [-0.4, -0.2) is 96.7 Å². The molecular formula is C83H134O17P2. The van der Waals surface area contributed by atoms with Gasteiger partial charge in [-0.25, -0.2) is 9.13 Å². The van der Waals surface area contributed by atoms with Crippen LogP contribution in [0.5, 0.6) is 0 Å². The number of ether oxygens (including phenoxy) is 4. The standard InChI is InChI=1S/C83H134O17P2/c1-5-9-13-17-21-25-29-33-36-37-38-39-42-45-48-52-56-60-64-68-81(86)94-73-78(99-82(87)69-65-61-57-53-49-43-32-28-24-20-16-12-8-4)75-97-101(89,90)95-71-77(84)72-96-102(91,92)98-76-79(100-83(88)70-66-62-58-54-50-46-41-35-31-27-23-19-15-11-7-3)74-93-80(85)67-63-59-55-51-47-44-40-34-30-26-22-18-14-10-6-2/h9-10,13-14,16,20-22,25-26,28,32-36,38-41,45,47-48,51,56,59-60,63,77-79,84H,5-8,11-12,15,17-19,23-24,27,29-31,37,42-44,46,49-50,52-55,57-58,61-62,64-76H2,1-4H3,(H,89,90)(H,91,92)/b13-9-,14-10-,20-16-,25-21-,26-22-,32-28-,36-33-,39-38-,40-34-,41-35-,48-45-,51-47-,60-56-,63-59-. The monoisotopic (exact) mass is 1460 g/mol. The Hall–Kier alpha value is -5.58. The lowest BCUT2D eigenvalue weighted by Crippen LogP contribution is -2.30. The zero-order valence-electron chi connectivity index (χ0n) is 63.0. The first-order valence-electron chi connectivity index (χ1n) is 38.4. The molecule has 17 nitrogen and oxygen atoms in total. The second-order valence-electron chi connectivity index (χ2n) is 24.8. The summed E-state index contributed by atoms with van der Waals surface area (Å²) in [6.45, 7) is 4.32. The van der Waals surface area contributed by atoms with Crippen molar-refractivity contribution in [2.75, 3.05) is 39.6 Å². The number of hydrogen-bond acceptors (Lipinski definition) is 15. The number of allylic oxidation sites excluding steroid dienone is 27. The van der Waals surface area contributed by atoms with Crippen LogP contribution >= 0.6 is 15.6 Å². The number of phosphoric acid groups is 2. The van der Waals surface area contributed by atoms with Gasteiger partial charge in [0.1, 0.15) is 19.3 Å². The van der Waals surface area contributed by atoms with Crippen LogP contribution in [0.4, 0.5) is 0 Å². The van der Waals surface area contributed by atoms with E-state index in [0.717, 1.165) is 148 Å². The van der Waals surface area contributed by atoms with Crippen molar-refractivity contribution < 1.29 is 80.2 Å². The second kappa shape index (κ2) is 73.7. The van der Waals surface area contributed by atoms with Crippen molar-refractivity contribution in [3.8, 4) is 0 Å². The average molecular weight is 1470 g/mol. The molecular weight excluding hydrogens is 1330 g/mol. The quantitative estimate of drug-likeness (QED) is 0.0169. The largest absolute Gasteiger partial charge is 0.472 e. The molecule has 0 aromatic rings. The van der Waals surface area contributed by atoms with Crippen LogP contribution in [0, 0.1) is 0 Å². The van der Waals surface area contributed by atoms with Gasteiger partial charge in [0.2, 0.25) is 0 Å². The maximum absolute atomic E-state index is 13.1. The van der Waals surface area contributed by atoms with Crippen LogP contribution < -0.4 is 0 Å². The lowest BCUT2D eigenvalue weighted by atomic mass is 10.1. The molecule has 102 heavy (non-hydrogen) atoms. The van der Waals surface area contributed by atoms with Crippen molar-refractivity contribution in [3.63, 3.8) is 0 Å². The summed E-state index contributed by atoms with van der Waals surface area (Å²) in [5, 5.41) is 10.6. The highest BCUT2D eigenvalue weighted by Crippen LogP contribution is 2.45. The smallest absolute Gasteiger partial charge is 0.462 e. The number of esters is 4. The van der Waals surface area contributed by atoms with E-state index < -0.39 is 97.5 Å². The molecule has 0 bridgehead atoms. The van der Waals surface area contributed by atoms with Crippen LogP contribution in [-0.2, 0) is 65.4 Å². The van der Waals surface area contributed by atoms with Gasteiger partial charge in [0, 0.05) is 19.3 Å². The molecule has 0 aliphatic heterocycles. The molecule has 3 N–H and O–H groups in total. The molecule has 0 spiro atoms. The molecule has 578 valence electrons. The molecule has 0 saturated heterocycles. The molecule has 0 heterocycles. The minimum Gasteiger partial charge on any atom is -0.462 e. The Morgan fingerprint density at radius 2 is 0.588 bits per heavy atom. The molecule has 0 saturated carbocycles. The third-order valence-corrected chi connectivity index (χ3v) is 17.1. The molecule has 19 heteroatoms. The molecule has 0 fully saturated rings. The maximum atomic E-state index is 13.1. The molecule has 0 radical (unpaired) electrons. The summed E-state index contributed by atoms with van der Waals surface area (Å²) in [7, 11) is -10.0. The summed E-state index contributed by atoms with van der Waals surface area (Å²) >= 11 is 0. The third-order valence-electron chi connectivity index (χ3n) is 15.2. The molecule has 0 rings (SSSR count). The van der Waals surface area contributed by atoms with Crippen LogP contribution in [0.15, 0.2) is 170 Å². The molecule has 5 atom stereocenters. The zero-order valence-corrected chi connectivity index (χ0v) is 64.8. The van der Waals surface area contributed by atoms with E-state index in [1.165, 1.54) is 38.5 Å². The Balaban J connectivity index is 5.50. The van der Waals surface area contributed by atoms with Gasteiger partial charge in [-0.2, -0.15) is 0 Å². The Morgan fingerprint density at radius 3 is 0.961 bits per heavy atom. The highest BCUT2D eigenvalue weighted by atomic mass is 31.2. The molecule has 0 aromatic carbocycles. The van der Waals surface area contributed by atoms with Crippen LogP contribution in [0.2, 0.25) is 0 Å². The fraction of sp³-hybridized carbons (Fsp3) is 0.614. The van der Waals surface area contributed by atoms with E-state index in [1.807, 2.05) is 36.5 Å². The molecule has 0 amide bonds. The van der Waals surface area contributed by atoms with Crippen molar-refractivity contribution in [2.24, 2.45) is 0 Å². The Bertz CT molecular complexity index is 2600. The van der Waals surface area contributed by atoms with Crippen molar-refractivity contribution in [2.45, 2.75) is 290 Å². The van der Waals surface area contributed by atoms with Gasteiger partial charge in [0.25, 0.3) is 0 Å². The topological polar surface area (TPSA) is 237 Å². The number of phosphoric ester groups is 2. The van der Waals surface area contributed by atoms with Gasteiger partial charge in [-0.3, -0.25) is 37.3 Å².